The molecule has 2 aromatic heterocycles. The average molecular weight is 285 g/mol. The Bertz CT molecular complexity index is 813. The minimum absolute atomic E-state index is 0.0310. The third kappa shape index (κ3) is 2.27. The van der Waals surface area contributed by atoms with Crippen molar-refractivity contribution in [2.75, 3.05) is 7.11 Å². The van der Waals surface area contributed by atoms with E-state index >= 15 is 0 Å². The molecule has 1 N–H and O–H groups in total. The maximum absolute atomic E-state index is 10.9. The van der Waals surface area contributed by atoms with Gasteiger partial charge in [-0.3, -0.25) is 0 Å². The molecule has 0 unspecified atom stereocenters. The molecule has 0 atom stereocenters. The molecule has 0 fully saturated rings. The summed E-state index contributed by atoms with van der Waals surface area (Å²) in [4.78, 5) is 10.9. The van der Waals surface area contributed by atoms with Crippen molar-refractivity contribution in [2.45, 2.75) is 13.5 Å². The monoisotopic (exact) mass is 285 g/mol. The fraction of sp³-hybridized carbons (Fsp3) is 0.188. The number of hydrogen-bond acceptors (Lipinski definition) is 3. The number of carboxylic acids is 1. The van der Waals surface area contributed by atoms with Crippen LogP contribution in [-0.2, 0) is 6.54 Å². The van der Waals surface area contributed by atoms with Crippen LogP contribution in [0.4, 0.5) is 0 Å². The minimum Gasteiger partial charge on any atom is -0.496 e. The summed E-state index contributed by atoms with van der Waals surface area (Å²) < 4.78 is 12.6. The van der Waals surface area contributed by atoms with Crippen molar-refractivity contribution in [1.82, 2.24) is 4.57 Å². The lowest BCUT2D eigenvalue weighted by atomic mass is 10.2. The van der Waals surface area contributed by atoms with Gasteiger partial charge < -0.3 is 18.8 Å². The van der Waals surface area contributed by atoms with Gasteiger partial charge >= 0.3 is 5.97 Å². The fourth-order valence-corrected chi connectivity index (χ4v) is 2.48. The second-order valence-corrected chi connectivity index (χ2v) is 4.83. The largest absolute Gasteiger partial charge is 0.496 e. The number of carbonyl (C=O) groups is 1. The first kappa shape index (κ1) is 13.3. The summed E-state index contributed by atoms with van der Waals surface area (Å²) in [5.74, 6) is 0.360. The minimum atomic E-state index is -1.05. The third-order valence-corrected chi connectivity index (χ3v) is 3.57. The number of aryl methyl sites for hydroxylation is 1. The Balaban J connectivity index is 2.01. The van der Waals surface area contributed by atoms with Crippen molar-refractivity contribution >= 4 is 16.9 Å². The summed E-state index contributed by atoms with van der Waals surface area (Å²) >= 11 is 0. The van der Waals surface area contributed by atoms with Crippen molar-refractivity contribution < 1.29 is 19.1 Å². The molecule has 3 rings (SSSR count). The van der Waals surface area contributed by atoms with Gasteiger partial charge in [-0.1, -0.05) is 6.07 Å². The summed E-state index contributed by atoms with van der Waals surface area (Å²) in [6.45, 7) is 2.33. The van der Waals surface area contributed by atoms with Gasteiger partial charge in [0.15, 0.2) is 0 Å². The van der Waals surface area contributed by atoms with Gasteiger partial charge in [0.05, 0.1) is 19.2 Å². The molecule has 0 aliphatic carbocycles. The molecule has 5 nitrogen and oxygen atoms in total. The molecule has 0 amide bonds. The summed E-state index contributed by atoms with van der Waals surface area (Å²) in [7, 11) is 1.64. The number of rotatable bonds is 4. The zero-order valence-electron chi connectivity index (χ0n) is 11.8. The Kier molecular flexibility index (Phi) is 3.17. The Morgan fingerprint density at radius 2 is 2.19 bits per heavy atom. The first-order chi connectivity index (χ1) is 10.1. The lowest BCUT2D eigenvalue weighted by Crippen LogP contribution is -1.98. The Hall–Kier alpha value is -2.69. The van der Waals surface area contributed by atoms with Crippen LogP contribution in [0.5, 0.6) is 5.75 Å². The van der Waals surface area contributed by atoms with Crippen LogP contribution in [0.3, 0.4) is 0 Å². The van der Waals surface area contributed by atoms with Gasteiger partial charge in [-0.2, -0.15) is 0 Å². The normalized spacial score (nSPS) is 11.0. The van der Waals surface area contributed by atoms with Gasteiger partial charge in [0.2, 0.25) is 5.76 Å². The zero-order valence-corrected chi connectivity index (χ0v) is 11.8. The fourth-order valence-electron chi connectivity index (χ4n) is 2.48. The molecule has 0 aliphatic heterocycles. The van der Waals surface area contributed by atoms with E-state index in [9.17, 15) is 4.79 Å². The van der Waals surface area contributed by atoms with Crippen LogP contribution in [-0.4, -0.2) is 22.8 Å². The van der Waals surface area contributed by atoms with Gasteiger partial charge in [0.1, 0.15) is 11.5 Å². The number of aromatic nitrogens is 1. The maximum Gasteiger partial charge on any atom is 0.371 e. The van der Waals surface area contributed by atoms with E-state index in [1.165, 1.54) is 0 Å². The predicted molar refractivity (Wildman–Crippen MR) is 78.0 cm³/mol. The number of hydrogen-bond donors (Lipinski definition) is 1. The summed E-state index contributed by atoms with van der Waals surface area (Å²) in [6.07, 6.45) is 1.96. The van der Waals surface area contributed by atoms with E-state index < -0.39 is 5.97 Å². The number of benzene rings is 1. The lowest BCUT2D eigenvalue weighted by Gasteiger charge is -2.06. The van der Waals surface area contributed by atoms with Crippen molar-refractivity contribution in [2.24, 2.45) is 0 Å². The molecule has 0 bridgehead atoms. The Labute approximate surface area is 121 Å². The number of nitrogens with zero attached hydrogens (tertiary/aromatic N) is 1. The molecule has 0 saturated carbocycles. The molecule has 108 valence electrons. The molecule has 2 heterocycles. The quantitative estimate of drug-likeness (QED) is 0.798. The van der Waals surface area contributed by atoms with Crippen LogP contribution in [0.25, 0.3) is 10.9 Å². The van der Waals surface area contributed by atoms with Crippen molar-refractivity contribution in [3.8, 4) is 5.75 Å². The van der Waals surface area contributed by atoms with Crippen LogP contribution in [0, 0.1) is 6.92 Å². The maximum atomic E-state index is 10.9. The van der Waals surface area contributed by atoms with E-state index in [1.807, 2.05) is 35.0 Å². The van der Waals surface area contributed by atoms with E-state index in [2.05, 4.69) is 0 Å². The Morgan fingerprint density at radius 1 is 1.38 bits per heavy atom. The van der Waals surface area contributed by atoms with E-state index in [4.69, 9.17) is 14.3 Å². The van der Waals surface area contributed by atoms with Gasteiger partial charge in [0.25, 0.3) is 0 Å². The molecule has 5 heteroatoms. The molecule has 21 heavy (non-hydrogen) atoms. The molecular formula is C16H15NO4. The lowest BCUT2D eigenvalue weighted by molar-refractivity contribution is 0.0661. The molecule has 0 saturated heterocycles. The summed E-state index contributed by atoms with van der Waals surface area (Å²) in [5.41, 5.74) is 1.89. The highest BCUT2D eigenvalue weighted by atomic mass is 16.5. The molecule has 0 radical (unpaired) electrons. The van der Waals surface area contributed by atoms with Crippen LogP contribution in [0.2, 0.25) is 0 Å². The van der Waals surface area contributed by atoms with Crippen molar-refractivity contribution in [3.63, 3.8) is 0 Å². The van der Waals surface area contributed by atoms with Crippen LogP contribution >= 0.6 is 0 Å². The van der Waals surface area contributed by atoms with Gasteiger partial charge in [-0.25, -0.2) is 4.79 Å². The second-order valence-electron chi connectivity index (χ2n) is 4.83. The molecule has 0 spiro atoms. The number of furan rings is 1. The van der Waals surface area contributed by atoms with E-state index in [-0.39, 0.29) is 5.76 Å². The average Bonchev–Trinajstić information content (AvgIpc) is 3.04. The number of ether oxygens (including phenoxy) is 1. The summed E-state index contributed by atoms with van der Waals surface area (Å²) in [5, 5.41) is 10.00. The van der Waals surface area contributed by atoms with E-state index in [1.54, 1.807) is 20.1 Å². The first-order valence-corrected chi connectivity index (χ1v) is 6.54. The molecule has 3 aromatic rings. The van der Waals surface area contributed by atoms with Gasteiger partial charge in [-0.15, -0.1) is 0 Å². The molecular weight excluding hydrogens is 270 g/mol. The highest BCUT2D eigenvalue weighted by Gasteiger charge is 2.14. The number of aromatic carboxylic acids is 1. The van der Waals surface area contributed by atoms with E-state index in [0.717, 1.165) is 22.2 Å². The predicted octanol–water partition coefficient (Wildman–Crippen LogP) is 3.30. The van der Waals surface area contributed by atoms with Gasteiger partial charge in [-0.05, 0) is 31.2 Å². The third-order valence-electron chi connectivity index (χ3n) is 3.57. The number of methoxy groups -OCH3 is 1. The summed E-state index contributed by atoms with van der Waals surface area (Å²) in [6, 6.07) is 9.41. The standard InChI is InChI=1S/C16H15NO4/c1-10-11(8-15(21-10)16(18)19)9-17-7-6-12-13(17)4-3-5-14(12)20-2/h3-8H,9H2,1-2H3,(H,18,19). The second kappa shape index (κ2) is 5.01. The van der Waals surface area contributed by atoms with Crippen molar-refractivity contribution in [1.29, 1.82) is 0 Å². The van der Waals surface area contributed by atoms with Crippen LogP contribution in [0.15, 0.2) is 40.9 Å². The first-order valence-electron chi connectivity index (χ1n) is 6.54. The molecule has 1 aromatic carbocycles. The number of carboxylic acid groups (broad SMARTS) is 1. The van der Waals surface area contributed by atoms with Gasteiger partial charge in [0, 0.05) is 17.1 Å². The number of fused-ring (bicyclic) bond motifs is 1. The SMILES string of the molecule is COc1cccc2c1ccn2Cc1cc(C(=O)O)oc1C. The highest BCUT2D eigenvalue weighted by molar-refractivity contribution is 5.87. The molecule has 0 aliphatic rings. The van der Waals surface area contributed by atoms with Crippen LogP contribution in [0.1, 0.15) is 21.9 Å². The van der Waals surface area contributed by atoms with Crippen LogP contribution < -0.4 is 4.74 Å². The van der Waals surface area contributed by atoms with E-state index in [0.29, 0.717) is 12.3 Å². The zero-order chi connectivity index (χ0) is 15.0. The smallest absolute Gasteiger partial charge is 0.371 e. The topological polar surface area (TPSA) is 64.6 Å². The highest BCUT2D eigenvalue weighted by Crippen LogP contribution is 2.27. The van der Waals surface area contributed by atoms with Crippen molar-refractivity contribution in [3.05, 3.63) is 53.6 Å². The Morgan fingerprint density at radius 3 is 2.86 bits per heavy atom.